The maximum Gasteiger partial charge on any atom is 0.311 e. The summed E-state index contributed by atoms with van der Waals surface area (Å²) in [5.41, 5.74) is 4.25. The Kier molecular flexibility index (Phi) is 5.35. The molecule has 0 amide bonds. The van der Waals surface area contributed by atoms with Crippen molar-refractivity contribution in [2.75, 3.05) is 0 Å². The highest BCUT2D eigenvalue weighted by atomic mass is 35.5. The summed E-state index contributed by atoms with van der Waals surface area (Å²) in [6.45, 7) is 1.95. The third kappa shape index (κ3) is 3.92. The third-order valence-electron chi connectivity index (χ3n) is 4.30. The van der Waals surface area contributed by atoms with Crippen LogP contribution in [0.5, 0.6) is 0 Å². The van der Waals surface area contributed by atoms with Crippen molar-refractivity contribution in [3.63, 3.8) is 0 Å². The fraction of sp³-hybridized carbons (Fsp3) is 0.200. The highest BCUT2D eigenvalue weighted by molar-refractivity contribution is 6.42. The Balaban J connectivity index is 1.92. The number of aromatic nitrogens is 2. The van der Waals surface area contributed by atoms with Crippen LogP contribution < -0.4 is 0 Å². The van der Waals surface area contributed by atoms with Gasteiger partial charge in [0.15, 0.2) is 0 Å². The lowest BCUT2D eigenvalue weighted by atomic mass is 9.93. The van der Waals surface area contributed by atoms with Crippen LogP contribution in [0.15, 0.2) is 48.5 Å². The monoisotopic (exact) mass is 388 g/mol. The Labute approximate surface area is 162 Å². The average Bonchev–Trinajstić information content (AvgIpc) is 2.95. The first-order valence-corrected chi connectivity index (χ1v) is 8.88. The van der Waals surface area contributed by atoms with Crippen molar-refractivity contribution >= 4 is 29.2 Å². The Morgan fingerprint density at radius 3 is 2.58 bits per heavy atom. The quantitative estimate of drug-likeness (QED) is 0.660. The van der Waals surface area contributed by atoms with E-state index in [-0.39, 0.29) is 0 Å². The second-order valence-electron chi connectivity index (χ2n) is 6.28. The summed E-state index contributed by atoms with van der Waals surface area (Å²) >= 11 is 12.1. The number of halogens is 2. The zero-order valence-corrected chi connectivity index (χ0v) is 15.9. The molecule has 1 atom stereocenters. The minimum Gasteiger partial charge on any atom is -0.481 e. The van der Waals surface area contributed by atoms with Crippen LogP contribution >= 0.6 is 23.2 Å². The van der Waals surface area contributed by atoms with Gasteiger partial charge in [-0.15, -0.1) is 0 Å². The number of nitrogens with zero attached hydrogens (tertiary/aromatic N) is 2. The standard InChI is InChI=1S/C20H18Cl2N2O2/c1-12-4-3-5-13(8-12)16(20(25)26)10-15-11-19(24(2)23-15)14-6-7-17(21)18(22)9-14/h3-9,11,16H,10H2,1-2H3,(H,25,26). The zero-order chi connectivity index (χ0) is 18.8. The van der Waals surface area contributed by atoms with E-state index in [1.807, 2.05) is 50.4 Å². The van der Waals surface area contributed by atoms with Gasteiger partial charge in [-0.3, -0.25) is 9.48 Å². The summed E-state index contributed by atoms with van der Waals surface area (Å²) < 4.78 is 1.73. The summed E-state index contributed by atoms with van der Waals surface area (Å²) in [6.07, 6.45) is 0.313. The van der Waals surface area contributed by atoms with Crippen molar-refractivity contribution < 1.29 is 9.90 Å². The van der Waals surface area contributed by atoms with Gasteiger partial charge in [0.2, 0.25) is 0 Å². The van der Waals surface area contributed by atoms with Crippen LogP contribution in [0.2, 0.25) is 10.0 Å². The maximum atomic E-state index is 11.8. The summed E-state index contributed by atoms with van der Waals surface area (Å²) in [7, 11) is 1.82. The minimum atomic E-state index is -0.864. The summed E-state index contributed by atoms with van der Waals surface area (Å²) in [6, 6.07) is 14.8. The molecule has 1 aromatic heterocycles. The number of carboxylic acid groups (broad SMARTS) is 1. The van der Waals surface area contributed by atoms with Crippen LogP contribution in [0.25, 0.3) is 11.3 Å². The molecule has 0 aliphatic carbocycles. The SMILES string of the molecule is Cc1cccc(C(Cc2cc(-c3ccc(Cl)c(Cl)c3)n(C)n2)C(=O)O)c1. The molecule has 3 aromatic rings. The molecule has 0 spiro atoms. The Bertz CT molecular complexity index is 966. The molecule has 0 aliphatic rings. The van der Waals surface area contributed by atoms with Crippen LogP contribution in [0.4, 0.5) is 0 Å². The lowest BCUT2D eigenvalue weighted by Gasteiger charge is -2.12. The van der Waals surface area contributed by atoms with E-state index in [4.69, 9.17) is 23.2 Å². The van der Waals surface area contributed by atoms with E-state index < -0.39 is 11.9 Å². The molecule has 6 heteroatoms. The topological polar surface area (TPSA) is 55.1 Å². The molecule has 26 heavy (non-hydrogen) atoms. The smallest absolute Gasteiger partial charge is 0.311 e. The molecule has 0 radical (unpaired) electrons. The highest BCUT2D eigenvalue weighted by Crippen LogP contribution is 2.30. The number of aryl methyl sites for hydroxylation is 2. The fourth-order valence-corrected chi connectivity index (χ4v) is 3.29. The number of aliphatic carboxylic acids is 1. The Morgan fingerprint density at radius 1 is 1.15 bits per heavy atom. The predicted molar refractivity (Wildman–Crippen MR) is 104 cm³/mol. The molecular weight excluding hydrogens is 371 g/mol. The van der Waals surface area contributed by atoms with Gasteiger partial charge < -0.3 is 5.11 Å². The molecule has 4 nitrogen and oxygen atoms in total. The van der Waals surface area contributed by atoms with Gasteiger partial charge in [0.05, 0.1) is 27.4 Å². The highest BCUT2D eigenvalue weighted by Gasteiger charge is 2.22. The lowest BCUT2D eigenvalue weighted by molar-refractivity contribution is -0.138. The first kappa shape index (κ1) is 18.5. The molecule has 1 heterocycles. The number of carboxylic acids is 1. The van der Waals surface area contributed by atoms with Crippen molar-refractivity contribution in [2.45, 2.75) is 19.3 Å². The van der Waals surface area contributed by atoms with E-state index in [9.17, 15) is 9.90 Å². The van der Waals surface area contributed by atoms with Crippen LogP contribution in [0.3, 0.4) is 0 Å². The normalized spacial score (nSPS) is 12.2. The maximum absolute atomic E-state index is 11.8. The molecule has 0 saturated carbocycles. The van der Waals surface area contributed by atoms with Gasteiger partial charge in [0.1, 0.15) is 0 Å². The van der Waals surface area contributed by atoms with Crippen molar-refractivity contribution in [3.8, 4) is 11.3 Å². The minimum absolute atomic E-state index is 0.313. The molecule has 1 N–H and O–H groups in total. The van der Waals surface area contributed by atoms with E-state index in [1.54, 1.807) is 16.8 Å². The van der Waals surface area contributed by atoms with E-state index in [2.05, 4.69) is 5.10 Å². The van der Waals surface area contributed by atoms with Gasteiger partial charge in [-0.25, -0.2) is 0 Å². The number of benzene rings is 2. The molecular formula is C20H18Cl2N2O2. The zero-order valence-electron chi connectivity index (χ0n) is 14.4. The molecule has 134 valence electrons. The predicted octanol–water partition coefficient (Wildman–Crippen LogP) is 5.11. The van der Waals surface area contributed by atoms with E-state index in [1.165, 1.54) is 0 Å². The molecule has 0 aliphatic heterocycles. The lowest BCUT2D eigenvalue weighted by Crippen LogP contribution is -2.15. The molecule has 0 bridgehead atoms. The summed E-state index contributed by atoms with van der Waals surface area (Å²) in [5, 5.41) is 15.1. The number of carbonyl (C=O) groups is 1. The van der Waals surface area contributed by atoms with Gasteiger partial charge in [-0.1, -0.05) is 59.1 Å². The van der Waals surface area contributed by atoms with Crippen molar-refractivity contribution in [1.29, 1.82) is 0 Å². The van der Waals surface area contributed by atoms with Gasteiger partial charge >= 0.3 is 5.97 Å². The van der Waals surface area contributed by atoms with Gasteiger partial charge in [0, 0.05) is 19.0 Å². The van der Waals surface area contributed by atoms with Crippen molar-refractivity contribution in [3.05, 3.63) is 75.4 Å². The molecule has 0 saturated heterocycles. The number of rotatable bonds is 5. The van der Waals surface area contributed by atoms with Crippen LogP contribution in [-0.4, -0.2) is 20.9 Å². The first-order chi connectivity index (χ1) is 12.3. The van der Waals surface area contributed by atoms with Crippen LogP contribution in [-0.2, 0) is 18.3 Å². The number of hydrogen-bond donors (Lipinski definition) is 1. The number of hydrogen-bond acceptors (Lipinski definition) is 2. The Hall–Kier alpha value is -2.30. The van der Waals surface area contributed by atoms with Crippen LogP contribution in [0.1, 0.15) is 22.7 Å². The van der Waals surface area contributed by atoms with Gasteiger partial charge in [-0.2, -0.15) is 5.10 Å². The Morgan fingerprint density at radius 2 is 1.92 bits per heavy atom. The van der Waals surface area contributed by atoms with Crippen molar-refractivity contribution in [2.24, 2.45) is 7.05 Å². The second-order valence-corrected chi connectivity index (χ2v) is 7.10. The third-order valence-corrected chi connectivity index (χ3v) is 5.04. The van der Waals surface area contributed by atoms with E-state index in [0.29, 0.717) is 22.2 Å². The summed E-state index contributed by atoms with van der Waals surface area (Å²) in [5.74, 6) is -1.51. The fourth-order valence-electron chi connectivity index (χ4n) is 3.00. The van der Waals surface area contributed by atoms with Crippen molar-refractivity contribution in [1.82, 2.24) is 9.78 Å². The molecule has 3 rings (SSSR count). The first-order valence-electron chi connectivity index (χ1n) is 8.13. The molecule has 1 unspecified atom stereocenters. The molecule has 2 aromatic carbocycles. The molecule has 0 fully saturated rings. The largest absolute Gasteiger partial charge is 0.481 e. The second kappa shape index (κ2) is 7.52. The van der Waals surface area contributed by atoms with Gasteiger partial charge in [0.25, 0.3) is 0 Å². The van der Waals surface area contributed by atoms with E-state index in [0.717, 1.165) is 22.4 Å². The van der Waals surface area contributed by atoms with Crippen LogP contribution in [0, 0.1) is 6.92 Å². The summed E-state index contributed by atoms with van der Waals surface area (Å²) in [4.78, 5) is 11.8. The van der Waals surface area contributed by atoms with E-state index >= 15 is 0 Å². The average molecular weight is 389 g/mol. The van der Waals surface area contributed by atoms with Gasteiger partial charge in [-0.05, 0) is 30.7 Å².